The molecule has 0 aliphatic carbocycles. The Kier molecular flexibility index (Phi) is 5.73. The Morgan fingerprint density at radius 2 is 0.833 bits per heavy atom. The first-order valence-corrected chi connectivity index (χ1v) is 17.7. The lowest BCUT2D eigenvalue weighted by Gasteiger charge is -2.45. The van der Waals surface area contributed by atoms with Crippen molar-refractivity contribution in [2.24, 2.45) is 0 Å². The summed E-state index contributed by atoms with van der Waals surface area (Å²) in [5.74, 6) is 0. The van der Waals surface area contributed by atoms with Crippen LogP contribution in [0.15, 0.2) is 152 Å². The lowest BCUT2D eigenvalue weighted by molar-refractivity contribution is 1.26. The van der Waals surface area contributed by atoms with Crippen LogP contribution in [-0.2, 0) is 0 Å². The molecule has 0 saturated heterocycles. The molecule has 2 aliphatic heterocycles. The summed E-state index contributed by atoms with van der Waals surface area (Å²) in [5.41, 5.74) is 11.5. The quantitative estimate of drug-likeness (QED) is 0.227. The van der Waals surface area contributed by atoms with Crippen LogP contribution < -0.4 is 36.6 Å². The van der Waals surface area contributed by atoms with Gasteiger partial charge in [0.2, 0.25) is 0 Å². The third kappa shape index (κ3) is 3.72. The summed E-state index contributed by atoms with van der Waals surface area (Å²) in [7, 11) is -2.06. The number of hydrogen-bond donors (Lipinski definition) is 0. The van der Waals surface area contributed by atoms with Crippen molar-refractivity contribution in [2.75, 3.05) is 9.80 Å². The molecule has 0 fully saturated rings. The van der Waals surface area contributed by atoms with E-state index >= 15 is 0 Å². The van der Waals surface area contributed by atoms with Crippen LogP contribution in [0.4, 0.5) is 34.1 Å². The number of nitrogens with zero attached hydrogens (tertiary/aromatic N) is 2. The molecule has 0 unspecified atom stereocenters. The lowest BCUT2D eigenvalue weighted by atomic mass is 9.33. The van der Waals surface area contributed by atoms with Crippen molar-refractivity contribution in [3.05, 3.63) is 152 Å². The topological polar surface area (TPSA) is 6.48 Å². The predicted octanol–water partition coefficient (Wildman–Crippen LogP) is 6.59. The Labute approximate surface area is 249 Å². The third-order valence-electron chi connectivity index (χ3n) is 9.13. The first kappa shape index (κ1) is 25.0. The minimum absolute atomic E-state index is 0.151. The summed E-state index contributed by atoms with van der Waals surface area (Å²) in [6.45, 7) is 5.13. The molecule has 0 atom stereocenters. The fourth-order valence-electron chi connectivity index (χ4n) is 6.99. The highest BCUT2D eigenvalue weighted by molar-refractivity contribution is 7.02. The Bertz CT molecular complexity index is 1810. The van der Waals surface area contributed by atoms with E-state index in [-0.39, 0.29) is 6.71 Å². The predicted molar refractivity (Wildman–Crippen MR) is 184 cm³/mol. The molecule has 4 heteroatoms. The zero-order valence-corrected chi connectivity index (χ0v) is 24.9. The van der Waals surface area contributed by atoms with Gasteiger partial charge in [-0.15, -0.1) is 0 Å². The molecular weight excluding hydrogens is 523 g/mol. The second-order valence-electron chi connectivity index (χ2n) is 11.8. The van der Waals surface area contributed by atoms with E-state index in [1.807, 2.05) is 0 Å². The molecule has 6 aromatic carbocycles. The summed E-state index contributed by atoms with van der Waals surface area (Å²) < 4.78 is 0. The molecule has 0 bridgehead atoms. The van der Waals surface area contributed by atoms with Gasteiger partial charge in [0, 0.05) is 34.1 Å². The van der Waals surface area contributed by atoms with E-state index in [0.29, 0.717) is 0 Å². The standard InChI is InChI=1S/C38H31BN2Si/c1-42(2,30-20-10-5-11-21-30)31-26-36-38-37(27-31)41(29-18-8-4-9-19-29)35-25-15-13-23-33(35)39(38)32-22-12-14-24-34(32)40(36)28-16-6-3-7-17-28/h3-27H,1-2H3. The van der Waals surface area contributed by atoms with Crippen LogP contribution in [0.2, 0.25) is 13.1 Å². The fourth-order valence-corrected chi connectivity index (χ4v) is 9.34. The zero-order valence-electron chi connectivity index (χ0n) is 23.9. The monoisotopic (exact) mass is 554 g/mol. The summed E-state index contributed by atoms with van der Waals surface area (Å²) in [6.07, 6.45) is 0. The van der Waals surface area contributed by atoms with E-state index in [9.17, 15) is 0 Å². The van der Waals surface area contributed by atoms with Gasteiger partial charge in [0.1, 0.15) is 8.07 Å². The van der Waals surface area contributed by atoms with Gasteiger partial charge in [0.15, 0.2) is 0 Å². The Hall–Kier alpha value is -4.80. The van der Waals surface area contributed by atoms with Crippen LogP contribution in [0.25, 0.3) is 0 Å². The van der Waals surface area contributed by atoms with Crippen molar-refractivity contribution in [1.82, 2.24) is 0 Å². The maximum atomic E-state index is 2.52. The highest BCUT2D eigenvalue weighted by atomic mass is 28.3. The van der Waals surface area contributed by atoms with Gasteiger partial charge in [-0.25, -0.2) is 0 Å². The highest BCUT2D eigenvalue weighted by Gasteiger charge is 2.44. The van der Waals surface area contributed by atoms with Gasteiger partial charge in [-0.2, -0.15) is 0 Å². The molecule has 200 valence electrons. The van der Waals surface area contributed by atoms with E-state index in [1.165, 1.54) is 60.9 Å². The molecule has 0 saturated carbocycles. The van der Waals surface area contributed by atoms with Crippen LogP contribution in [0.5, 0.6) is 0 Å². The summed E-state index contributed by atoms with van der Waals surface area (Å²) >= 11 is 0. The third-order valence-corrected chi connectivity index (χ3v) is 12.6. The average molecular weight is 555 g/mol. The van der Waals surface area contributed by atoms with Crippen molar-refractivity contribution < 1.29 is 0 Å². The number of benzene rings is 6. The average Bonchev–Trinajstić information content (AvgIpc) is 3.05. The van der Waals surface area contributed by atoms with Crippen LogP contribution >= 0.6 is 0 Å². The number of anilines is 6. The largest absolute Gasteiger partial charge is 0.311 e. The van der Waals surface area contributed by atoms with Gasteiger partial charge in [-0.05, 0) is 64.9 Å². The van der Waals surface area contributed by atoms with Crippen LogP contribution in [0.1, 0.15) is 0 Å². The van der Waals surface area contributed by atoms with E-state index < -0.39 is 8.07 Å². The molecule has 2 aliphatic rings. The summed E-state index contributed by atoms with van der Waals surface area (Å²) in [5, 5.41) is 2.88. The molecule has 8 rings (SSSR count). The molecule has 2 heterocycles. The molecule has 6 aromatic rings. The maximum absolute atomic E-state index is 2.52. The normalized spacial score (nSPS) is 13.3. The van der Waals surface area contributed by atoms with Crippen LogP contribution in [-0.4, -0.2) is 14.8 Å². The van der Waals surface area contributed by atoms with Gasteiger partial charge < -0.3 is 9.80 Å². The molecule has 0 amide bonds. The second kappa shape index (κ2) is 9.64. The van der Waals surface area contributed by atoms with Crippen molar-refractivity contribution >= 4 is 75.7 Å². The highest BCUT2D eigenvalue weighted by Crippen LogP contribution is 2.43. The van der Waals surface area contributed by atoms with E-state index in [4.69, 9.17) is 0 Å². The molecular formula is C38H31BN2Si. The maximum Gasteiger partial charge on any atom is 0.252 e. The Balaban J connectivity index is 1.50. The summed E-state index contributed by atoms with van der Waals surface area (Å²) in [6, 6.07) is 55.9. The van der Waals surface area contributed by atoms with Crippen molar-refractivity contribution in [3.63, 3.8) is 0 Å². The fraction of sp³-hybridized carbons (Fsp3) is 0.0526. The van der Waals surface area contributed by atoms with Crippen molar-refractivity contribution in [2.45, 2.75) is 13.1 Å². The molecule has 0 spiro atoms. The molecule has 0 aromatic heterocycles. The van der Waals surface area contributed by atoms with Gasteiger partial charge in [-0.1, -0.05) is 127 Å². The zero-order chi connectivity index (χ0) is 28.3. The smallest absolute Gasteiger partial charge is 0.252 e. The van der Waals surface area contributed by atoms with Crippen LogP contribution in [0, 0.1) is 0 Å². The van der Waals surface area contributed by atoms with E-state index in [0.717, 1.165) is 0 Å². The Morgan fingerprint density at radius 1 is 0.429 bits per heavy atom. The Morgan fingerprint density at radius 3 is 1.31 bits per heavy atom. The van der Waals surface area contributed by atoms with Gasteiger partial charge in [-0.3, -0.25) is 0 Å². The number of para-hydroxylation sites is 4. The molecule has 42 heavy (non-hydrogen) atoms. The first-order valence-electron chi connectivity index (χ1n) is 14.7. The van der Waals surface area contributed by atoms with E-state index in [1.54, 1.807) is 0 Å². The second-order valence-corrected chi connectivity index (χ2v) is 16.2. The minimum atomic E-state index is -2.06. The van der Waals surface area contributed by atoms with Crippen molar-refractivity contribution in [3.8, 4) is 0 Å². The van der Waals surface area contributed by atoms with Crippen LogP contribution in [0.3, 0.4) is 0 Å². The molecule has 2 nitrogen and oxygen atoms in total. The molecule has 0 radical (unpaired) electrons. The summed E-state index contributed by atoms with van der Waals surface area (Å²) in [4.78, 5) is 5.00. The number of fused-ring (bicyclic) bond motifs is 4. The molecule has 0 N–H and O–H groups in total. The van der Waals surface area contributed by atoms with Crippen molar-refractivity contribution in [1.29, 1.82) is 0 Å². The number of hydrogen-bond acceptors (Lipinski definition) is 2. The SMILES string of the molecule is C[Si](C)(c1ccccc1)c1cc2c3c(c1)N(c1ccccc1)c1ccccc1B3c1ccccc1N2c1ccccc1. The van der Waals surface area contributed by atoms with Gasteiger partial charge >= 0.3 is 0 Å². The van der Waals surface area contributed by atoms with Gasteiger partial charge in [0.25, 0.3) is 6.71 Å². The van der Waals surface area contributed by atoms with E-state index in [2.05, 4.69) is 175 Å². The first-order chi connectivity index (χ1) is 20.6. The number of rotatable bonds is 4. The van der Waals surface area contributed by atoms with Gasteiger partial charge in [0.05, 0.1) is 0 Å². The minimum Gasteiger partial charge on any atom is -0.311 e. The lowest BCUT2D eigenvalue weighted by Crippen LogP contribution is -2.62.